The van der Waals surface area contributed by atoms with Crippen LogP contribution in [0.2, 0.25) is 0 Å². The van der Waals surface area contributed by atoms with Gasteiger partial charge in [-0.25, -0.2) is 0 Å². The third kappa shape index (κ3) is 4.89. The molecule has 1 aromatic rings. The SMILES string of the molecule is COc1cc(C)ccc1OCCN(C)CCC1(O)CCCC1. The minimum absolute atomic E-state index is 0.421. The number of ether oxygens (including phenoxy) is 2. The van der Waals surface area contributed by atoms with Crippen molar-refractivity contribution in [2.24, 2.45) is 0 Å². The molecule has 1 saturated carbocycles. The summed E-state index contributed by atoms with van der Waals surface area (Å²) in [6.45, 7) is 4.40. The van der Waals surface area contributed by atoms with Crippen LogP contribution in [0.25, 0.3) is 0 Å². The summed E-state index contributed by atoms with van der Waals surface area (Å²) in [6, 6.07) is 5.96. The van der Waals surface area contributed by atoms with Crippen molar-refractivity contribution in [3.05, 3.63) is 23.8 Å². The largest absolute Gasteiger partial charge is 0.493 e. The monoisotopic (exact) mass is 307 g/mol. The van der Waals surface area contributed by atoms with Gasteiger partial charge in [-0.05, 0) is 50.9 Å². The van der Waals surface area contributed by atoms with Gasteiger partial charge in [-0.3, -0.25) is 0 Å². The Balaban J connectivity index is 1.71. The van der Waals surface area contributed by atoms with Gasteiger partial charge < -0.3 is 19.5 Å². The lowest BCUT2D eigenvalue weighted by molar-refractivity contribution is 0.0294. The average Bonchev–Trinajstić information content (AvgIpc) is 2.94. The van der Waals surface area contributed by atoms with Crippen LogP contribution in [0.15, 0.2) is 18.2 Å². The number of methoxy groups -OCH3 is 1. The molecular weight excluding hydrogens is 278 g/mol. The van der Waals surface area contributed by atoms with Gasteiger partial charge >= 0.3 is 0 Å². The van der Waals surface area contributed by atoms with Gasteiger partial charge in [0.1, 0.15) is 6.61 Å². The van der Waals surface area contributed by atoms with E-state index in [0.29, 0.717) is 6.61 Å². The number of hydrogen-bond acceptors (Lipinski definition) is 4. The number of aryl methyl sites for hydroxylation is 1. The predicted molar refractivity (Wildman–Crippen MR) is 88.8 cm³/mol. The zero-order valence-electron chi connectivity index (χ0n) is 14.1. The molecule has 1 N–H and O–H groups in total. The summed E-state index contributed by atoms with van der Waals surface area (Å²) in [5.41, 5.74) is 0.737. The summed E-state index contributed by atoms with van der Waals surface area (Å²) in [5.74, 6) is 1.57. The maximum atomic E-state index is 10.4. The van der Waals surface area contributed by atoms with E-state index in [2.05, 4.69) is 11.9 Å². The Kier molecular flexibility index (Phi) is 6.09. The second-order valence-corrected chi connectivity index (χ2v) is 6.49. The highest BCUT2D eigenvalue weighted by molar-refractivity contribution is 5.42. The summed E-state index contributed by atoms with van der Waals surface area (Å²) in [7, 11) is 3.74. The second kappa shape index (κ2) is 7.84. The third-order valence-corrected chi connectivity index (χ3v) is 4.54. The Hall–Kier alpha value is -1.26. The highest BCUT2D eigenvalue weighted by Gasteiger charge is 2.30. The second-order valence-electron chi connectivity index (χ2n) is 6.49. The first-order valence-electron chi connectivity index (χ1n) is 8.21. The third-order valence-electron chi connectivity index (χ3n) is 4.54. The van der Waals surface area contributed by atoms with Crippen LogP contribution < -0.4 is 9.47 Å². The van der Waals surface area contributed by atoms with Crippen molar-refractivity contribution in [3.63, 3.8) is 0 Å². The van der Waals surface area contributed by atoms with E-state index in [0.717, 1.165) is 62.3 Å². The van der Waals surface area contributed by atoms with E-state index in [1.165, 1.54) is 0 Å². The molecule has 0 unspecified atom stereocenters. The van der Waals surface area contributed by atoms with Crippen molar-refractivity contribution in [2.45, 2.75) is 44.6 Å². The Morgan fingerprint density at radius 1 is 1.18 bits per heavy atom. The van der Waals surface area contributed by atoms with E-state index in [9.17, 15) is 5.11 Å². The molecule has 1 aromatic carbocycles. The number of hydrogen-bond donors (Lipinski definition) is 1. The maximum Gasteiger partial charge on any atom is 0.161 e. The molecule has 0 saturated heterocycles. The molecule has 0 aromatic heterocycles. The van der Waals surface area contributed by atoms with Crippen LogP contribution in [0.5, 0.6) is 11.5 Å². The van der Waals surface area contributed by atoms with Crippen LogP contribution in [0.3, 0.4) is 0 Å². The van der Waals surface area contributed by atoms with Crippen molar-refractivity contribution in [1.82, 2.24) is 4.90 Å². The van der Waals surface area contributed by atoms with Crippen LogP contribution in [-0.2, 0) is 0 Å². The van der Waals surface area contributed by atoms with Gasteiger partial charge in [0.15, 0.2) is 11.5 Å². The fourth-order valence-electron chi connectivity index (χ4n) is 3.00. The van der Waals surface area contributed by atoms with E-state index >= 15 is 0 Å². The number of benzene rings is 1. The normalized spacial score (nSPS) is 17.0. The summed E-state index contributed by atoms with van der Waals surface area (Å²) in [4.78, 5) is 2.22. The number of aliphatic hydroxyl groups is 1. The van der Waals surface area contributed by atoms with E-state index in [4.69, 9.17) is 9.47 Å². The lowest BCUT2D eigenvalue weighted by atomic mass is 9.98. The van der Waals surface area contributed by atoms with Crippen LogP contribution in [-0.4, -0.2) is 49.5 Å². The molecule has 0 atom stereocenters. The number of nitrogens with zero attached hydrogens (tertiary/aromatic N) is 1. The van der Waals surface area contributed by atoms with Crippen molar-refractivity contribution in [1.29, 1.82) is 0 Å². The molecule has 1 fully saturated rings. The van der Waals surface area contributed by atoms with Crippen LogP contribution in [0, 0.1) is 6.92 Å². The molecular formula is C18H29NO3. The van der Waals surface area contributed by atoms with E-state index < -0.39 is 5.60 Å². The Labute approximate surface area is 134 Å². The fraction of sp³-hybridized carbons (Fsp3) is 0.667. The van der Waals surface area contributed by atoms with E-state index in [1.807, 2.05) is 25.1 Å². The minimum atomic E-state index is -0.421. The molecule has 4 heteroatoms. The smallest absolute Gasteiger partial charge is 0.161 e. The van der Waals surface area contributed by atoms with E-state index in [-0.39, 0.29) is 0 Å². The molecule has 1 aliphatic rings. The zero-order chi connectivity index (χ0) is 16.0. The molecule has 0 heterocycles. The summed E-state index contributed by atoms with van der Waals surface area (Å²) >= 11 is 0. The molecule has 22 heavy (non-hydrogen) atoms. The van der Waals surface area contributed by atoms with Gasteiger partial charge in [0, 0.05) is 13.1 Å². The Morgan fingerprint density at radius 3 is 2.59 bits per heavy atom. The minimum Gasteiger partial charge on any atom is -0.493 e. The maximum absolute atomic E-state index is 10.4. The standard InChI is InChI=1S/C18H29NO3/c1-15-6-7-16(17(14-15)21-3)22-13-12-19(2)11-10-18(20)8-4-5-9-18/h6-7,14,20H,4-5,8-13H2,1-3H3. The first-order valence-corrected chi connectivity index (χ1v) is 8.21. The van der Waals surface area contributed by atoms with Gasteiger partial charge in [-0.1, -0.05) is 18.9 Å². The molecule has 2 rings (SSSR count). The lowest BCUT2D eigenvalue weighted by Crippen LogP contribution is -2.33. The summed E-state index contributed by atoms with van der Waals surface area (Å²) < 4.78 is 11.2. The van der Waals surface area contributed by atoms with E-state index in [1.54, 1.807) is 7.11 Å². The number of likely N-dealkylation sites (N-methyl/N-ethyl adjacent to an activating group) is 1. The molecule has 0 spiro atoms. The van der Waals surface area contributed by atoms with Crippen molar-refractivity contribution >= 4 is 0 Å². The lowest BCUT2D eigenvalue weighted by Gasteiger charge is -2.25. The highest BCUT2D eigenvalue weighted by atomic mass is 16.5. The Morgan fingerprint density at radius 2 is 1.91 bits per heavy atom. The molecule has 1 aliphatic carbocycles. The molecule has 4 nitrogen and oxygen atoms in total. The zero-order valence-corrected chi connectivity index (χ0v) is 14.1. The quantitative estimate of drug-likeness (QED) is 0.801. The fourth-order valence-corrected chi connectivity index (χ4v) is 3.00. The molecule has 0 aliphatic heterocycles. The van der Waals surface area contributed by atoms with Gasteiger partial charge in [0.05, 0.1) is 12.7 Å². The first kappa shape index (κ1) is 17.1. The van der Waals surface area contributed by atoms with Crippen LogP contribution in [0.4, 0.5) is 0 Å². The topological polar surface area (TPSA) is 41.9 Å². The van der Waals surface area contributed by atoms with Crippen molar-refractivity contribution in [3.8, 4) is 11.5 Å². The van der Waals surface area contributed by atoms with Gasteiger partial charge in [0.25, 0.3) is 0 Å². The summed E-state index contributed by atoms with van der Waals surface area (Å²) in [6.07, 6.45) is 5.10. The van der Waals surface area contributed by atoms with Gasteiger partial charge in [0.2, 0.25) is 0 Å². The summed E-state index contributed by atoms with van der Waals surface area (Å²) in [5, 5.41) is 10.4. The van der Waals surface area contributed by atoms with Crippen molar-refractivity contribution in [2.75, 3.05) is 33.9 Å². The van der Waals surface area contributed by atoms with Crippen LogP contribution >= 0.6 is 0 Å². The molecule has 0 radical (unpaired) electrons. The average molecular weight is 307 g/mol. The molecule has 0 bridgehead atoms. The van der Waals surface area contributed by atoms with Crippen molar-refractivity contribution < 1.29 is 14.6 Å². The molecule has 124 valence electrons. The van der Waals surface area contributed by atoms with Gasteiger partial charge in [-0.15, -0.1) is 0 Å². The highest BCUT2D eigenvalue weighted by Crippen LogP contribution is 2.32. The Bertz CT molecular complexity index is 469. The van der Waals surface area contributed by atoms with Gasteiger partial charge in [-0.2, -0.15) is 0 Å². The number of rotatable bonds is 8. The first-order chi connectivity index (χ1) is 10.5. The predicted octanol–water partition coefficient (Wildman–Crippen LogP) is 3.01. The molecule has 0 amide bonds. The van der Waals surface area contributed by atoms with Crippen LogP contribution in [0.1, 0.15) is 37.7 Å².